The zero-order valence-electron chi connectivity index (χ0n) is 10.3. The Bertz CT molecular complexity index is 472. The lowest BCUT2D eigenvalue weighted by molar-refractivity contribution is 0.0698. The van der Waals surface area contributed by atoms with Crippen molar-refractivity contribution in [3.8, 4) is 5.75 Å². The molecule has 0 aliphatic rings. The summed E-state index contributed by atoms with van der Waals surface area (Å²) in [5.41, 5.74) is 1.07. The molecule has 1 aromatic heterocycles. The molecule has 0 aromatic carbocycles. The number of carbonyl (C=O) groups is 1. The fraction of sp³-hybridized carbons (Fsp3) is 0.417. The number of rotatable bonds is 4. The largest absolute Gasteiger partial charge is 0.486 e. The maximum Gasteiger partial charge on any atom is 0.349 e. The van der Waals surface area contributed by atoms with Crippen LogP contribution in [0.2, 0.25) is 0 Å². The highest BCUT2D eigenvalue weighted by Crippen LogP contribution is 2.37. The molecule has 0 aliphatic heterocycles. The standard InChI is InChI=1S/C12H14Cl2O3S/c1-12(2,3)9-4-8(10(18-9)11(15)16)17-6-7(14)5-13/h4-5H,6H2,1-3H3,(H,15,16). The Balaban J connectivity index is 3.02. The van der Waals surface area contributed by atoms with Crippen molar-refractivity contribution in [2.24, 2.45) is 0 Å². The number of thiophene rings is 1. The van der Waals surface area contributed by atoms with Crippen molar-refractivity contribution in [1.82, 2.24) is 0 Å². The molecule has 0 unspecified atom stereocenters. The van der Waals surface area contributed by atoms with Gasteiger partial charge in [0.25, 0.3) is 0 Å². The summed E-state index contributed by atoms with van der Waals surface area (Å²) in [5, 5.41) is 9.44. The van der Waals surface area contributed by atoms with Gasteiger partial charge in [0, 0.05) is 10.4 Å². The van der Waals surface area contributed by atoms with Crippen LogP contribution >= 0.6 is 34.5 Å². The van der Waals surface area contributed by atoms with Crippen LogP contribution in [-0.4, -0.2) is 17.7 Å². The third kappa shape index (κ3) is 3.90. The van der Waals surface area contributed by atoms with E-state index in [0.29, 0.717) is 10.8 Å². The third-order valence-corrected chi connectivity index (χ3v) is 4.24. The molecule has 0 radical (unpaired) electrons. The fourth-order valence-electron chi connectivity index (χ4n) is 1.18. The second kappa shape index (κ2) is 5.95. The first-order valence-electron chi connectivity index (χ1n) is 5.21. The van der Waals surface area contributed by atoms with Crippen LogP contribution in [-0.2, 0) is 5.41 Å². The van der Waals surface area contributed by atoms with E-state index in [2.05, 4.69) is 0 Å². The highest BCUT2D eigenvalue weighted by molar-refractivity contribution is 7.14. The quantitative estimate of drug-likeness (QED) is 0.894. The Hall–Kier alpha value is -0.710. The highest BCUT2D eigenvalue weighted by atomic mass is 35.5. The van der Waals surface area contributed by atoms with Crippen molar-refractivity contribution in [3.05, 3.63) is 26.4 Å². The van der Waals surface area contributed by atoms with Crippen molar-refractivity contribution in [1.29, 1.82) is 0 Å². The zero-order chi connectivity index (χ0) is 13.9. The molecule has 0 saturated carbocycles. The van der Waals surface area contributed by atoms with E-state index in [4.69, 9.17) is 33.0 Å². The van der Waals surface area contributed by atoms with Gasteiger partial charge < -0.3 is 9.84 Å². The summed E-state index contributed by atoms with van der Waals surface area (Å²) in [5.74, 6) is -0.675. The molecule has 6 heteroatoms. The van der Waals surface area contributed by atoms with E-state index in [1.807, 2.05) is 20.8 Å². The van der Waals surface area contributed by atoms with Crippen molar-refractivity contribution in [3.63, 3.8) is 0 Å². The Kier molecular flexibility index (Phi) is 5.08. The van der Waals surface area contributed by atoms with Crippen LogP contribution in [0.3, 0.4) is 0 Å². The number of aromatic carboxylic acids is 1. The molecular formula is C12H14Cl2O3S. The number of carboxylic acids is 1. The Morgan fingerprint density at radius 1 is 1.56 bits per heavy atom. The van der Waals surface area contributed by atoms with Gasteiger partial charge in [0.15, 0.2) is 4.88 Å². The van der Waals surface area contributed by atoms with Crippen molar-refractivity contribution in [2.45, 2.75) is 26.2 Å². The molecule has 18 heavy (non-hydrogen) atoms. The maximum atomic E-state index is 11.1. The molecule has 0 spiro atoms. The summed E-state index contributed by atoms with van der Waals surface area (Å²) in [6.07, 6.45) is 0. The van der Waals surface area contributed by atoms with Crippen molar-refractivity contribution < 1.29 is 14.6 Å². The first-order chi connectivity index (χ1) is 8.25. The van der Waals surface area contributed by atoms with Crippen LogP contribution in [0.15, 0.2) is 16.6 Å². The van der Waals surface area contributed by atoms with Crippen LogP contribution in [0, 0.1) is 0 Å². The van der Waals surface area contributed by atoms with Gasteiger partial charge in [-0.15, -0.1) is 11.3 Å². The minimum absolute atomic E-state index is 0.0612. The highest BCUT2D eigenvalue weighted by Gasteiger charge is 2.23. The lowest BCUT2D eigenvalue weighted by Gasteiger charge is -2.14. The second-order valence-corrected chi connectivity index (χ2v) is 6.46. The van der Waals surface area contributed by atoms with Gasteiger partial charge in [-0.2, -0.15) is 0 Å². The minimum Gasteiger partial charge on any atom is -0.486 e. The van der Waals surface area contributed by atoms with Crippen molar-refractivity contribution >= 4 is 40.5 Å². The third-order valence-electron chi connectivity index (χ3n) is 2.12. The van der Waals surface area contributed by atoms with Gasteiger partial charge in [-0.25, -0.2) is 4.79 Å². The smallest absolute Gasteiger partial charge is 0.349 e. The van der Waals surface area contributed by atoms with Crippen LogP contribution in [0.25, 0.3) is 0 Å². The van der Waals surface area contributed by atoms with Gasteiger partial charge in [0.2, 0.25) is 0 Å². The molecule has 0 atom stereocenters. The molecule has 1 heterocycles. The first kappa shape index (κ1) is 15.3. The summed E-state index contributed by atoms with van der Waals surface area (Å²) in [6.45, 7) is 6.10. The lowest BCUT2D eigenvalue weighted by atomic mass is 9.95. The maximum absolute atomic E-state index is 11.1. The Labute approximate surface area is 120 Å². The van der Waals surface area contributed by atoms with E-state index in [-0.39, 0.29) is 16.9 Å². The molecule has 1 rings (SSSR count). The summed E-state index contributed by atoms with van der Waals surface area (Å²) < 4.78 is 5.37. The average Bonchev–Trinajstić information content (AvgIpc) is 2.69. The molecule has 0 fully saturated rings. The van der Waals surface area contributed by atoms with Crippen LogP contribution in [0.4, 0.5) is 0 Å². The monoisotopic (exact) mass is 308 g/mol. The number of halogens is 2. The van der Waals surface area contributed by atoms with Gasteiger partial charge in [-0.3, -0.25) is 0 Å². The molecule has 100 valence electrons. The summed E-state index contributed by atoms with van der Waals surface area (Å²) in [7, 11) is 0. The lowest BCUT2D eigenvalue weighted by Crippen LogP contribution is -2.08. The molecule has 0 bridgehead atoms. The van der Waals surface area contributed by atoms with Gasteiger partial charge in [-0.1, -0.05) is 44.0 Å². The molecule has 0 aliphatic carbocycles. The van der Waals surface area contributed by atoms with Gasteiger partial charge in [-0.05, 0) is 11.5 Å². The van der Waals surface area contributed by atoms with E-state index in [1.54, 1.807) is 6.07 Å². The van der Waals surface area contributed by atoms with Crippen LogP contribution < -0.4 is 4.74 Å². The molecular weight excluding hydrogens is 295 g/mol. The molecule has 1 N–H and O–H groups in total. The molecule has 0 saturated heterocycles. The molecule has 1 aromatic rings. The van der Waals surface area contributed by atoms with Gasteiger partial charge >= 0.3 is 5.97 Å². The fourth-order valence-corrected chi connectivity index (χ4v) is 2.29. The van der Waals surface area contributed by atoms with E-state index in [1.165, 1.54) is 16.9 Å². The zero-order valence-corrected chi connectivity index (χ0v) is 12.6. The predicted octanol–water partition coefficient (Wildman–Crippen LogP) is 4.44. The number of hydrogen-bond acceptors (Lipinski definition) is 3. The summed E-state index contributed by atoms with van der Waals surface area (Å²) in [6, 6.07) is 1.74. The topological polar surface area (TPSA) is 46.5 Å². The summed E-state index contributed by atoms with van der Waals surface area (Å²) in [4.78, 5) is 12.3. The number of ether oxygens (including phenoxy) is 1. The van der Waals surface area contributed by atoms with Crippen LogP contribution in [0.1, 0.15) is 35.3 Å². The first-order valence-corrected chi connectivity index (χ1v) is 6.84. The van der Waals surface area contributed by atoms with E-state index in [9.17, 15) is 4.79 Å². The van der Waals surface area contributed by atoms with E-state index >= 15 is 0 Å². The molecule has 3 nitrogen and oxygen atoms in total. The van der Waals surface area contributed by atoms with E-state index < -0.39 is 5.97 Å². The predicted molar refractivity (Wildman–Crippen MR) is 75.3 cm³/mol. The Morgan fingerprint density at radius 3 is 2.61 bits per heavy atom. The van der Waals surface area contributed by atoms with E-state index in [0.717, 1.165) is 4.88 Å². The van der Waals surface area contributed by atoms with Crippen molar-refractivity contribution in [2.75, 3.05) is 6.61 Å². The number of hydrogen-bond donors (Lipinski definition) is 1. The minimum atomic E-state index is -1.00. The van der Waals surface area contributed by atoms with Gasteiger partial charge in [0.1, 0.15) is 12.4 Å². The molecule has 0 amide bonds. The SMILES string of the molecule is CC(C)(C)c1cc(OCC(Cl)=CCl)c(C(=O)O)s1. The van der Waals surface area contributed by atoms with Crippen LogP contribution in [0.5, 0.6) is 5.75 Å². The Morgan fingerprint density at radius 2 is 2.17 bits per heavy atom. The normalized spacial score (nSPS) is 12.6. The summed E-state index contributed by atoms with van der Waals surface area (Å²) >= 11 is 12.3. The number of carboxylic acid groups (broad SMARTS) is 1. The second-order valence-electron chi connectivity index (χ2n) is 4.70. The van der Waals surface area contributed by atoms with Gasteiger partial charge in [0.05, 0.1) is 5.03 Å². The average molecular weight is 309 g/mol.